The zero-order chi connectivity index (χ0) is 10.0. The van der Waals surface area contributed by atoms with Crippen LogP contribution in [0.15, 0.2) is 12.3 Å². The zero-order valence-corrected chi connectivity index (χ0v) is 7.41. The predicted octanol–water partition coefficient (Wildman–Crippen LogP) is 1.72. The van der Waals surface area contributed by atoms with Crippen molar-refractivity contribution in [2.24, 2.45) is 0 Å². The summed E-state index contributed by atoms with van der Waals surface area (Å²) < 4.78 is 13.1. The van der Waals surface area contributed by atoms with Gasteiger partial charge in [0.15, 0.2) is 0 Å². The third kappa shape index (κ3) is 2.02. The number of nitrogens with zero attached hydrogens (tertiary/aromatic N) is 1. The Hall–Kier alpha value is -1.45. The molecule has 1 N–H and O–H groups in total. The third-order valence-corrected chi connectivity index (χ3v) is 1.86. The number of carbonyl (C=O) groups is 1. The molecule has 0 saturated heterocycles. The Morgan fingerprint density at radius 1 is 1.69 bits per heavy atom. The predicted molar refractivity (Wildman–Crippen MR) is 45.0 cm³/mol. The van der Waals surface area contributed by atoms with Crippen molar-refractivity contribution in [3.8, 4) is 0 Å². The molecule has 70 valence electrons. The molecule has 0 unspecified atom stereocenters. The van der Waals surface area contributed by atoms with Gasteiger partial charge < -0.3 is 5.11 Å². The molecular formula is C9H10FNO2. The molecule has 0 fully saturated rings. The van der Waals surface area contributed by atoms with Crippen molar-refractivity contribution < 1.29 is 14.3 Å². The average Bonchev–Trinajstić information content (AvgIpc) is 2.08. The molecule has 13 heavy (non-hydrogen) atoms. The topological polar surface area (TPSA) is 50.2 Å². The number of hydrogen-bond acceptors (Lipinski definition) is 2. The lowest BCUT2D eigenvalue weighted by molar-refractivity contribution is -0.138. The molecule has 0 amide bonds. The lowest BCUT2D eigenvalue weighted by Crippen LogP contribution is -2.10. The lowest BCUT2D eigenvalue weighted by atomic mass is 10.0. The Kier molecular flexibility index (Phi) is 2.60. The van der Waals surface area contributed by atoms with E-state index in [0.717, 1.165) is 6.20 Å². The number of halogens is 1. The molecule has 0 aliphatic heterocycles. The second-order valence-corrected chi connectivity index (χ2v) is 2.91. The SMILES string of the molecule is Cc1cc([C@H](C)C(=O)O)c(F)cn1. The molecule has 1 heterocycles. The first-order valence-corrected chi connectivity index (χ1v) is 3.87. The van der Waals surface area contributed by atoms with Gasteiger partial charge in [-0.3, -0.25) is 9.78 Å². The minimum Gasteiger partial charge on any atom is -0.481 e. The Morgan fingerprint density at radius 2 is 2.31 bits per heavy atom. The molecule has 0 aliphatic carbocycles. The number of rotatable bonds is 2. The maximum atomic E-state index is 13.1. The van der Waals surface area contributed by atoms with E-state index >= 15 is 0 Å². The van der Waals surface area contributed by atoms with Crippen LogP contribution in [0.4, 0.5) is 4.39 Å². The monoisotopic (exact) mass is 183 g/mol. The number of aromatic nitrogens is 1. The highest BCUT2D eigenvalue weighted by molar-refractivity contribution is 5.75. The Labute approximate surface area is 75.2 Å². The molecule has 3 nitrogen and oxygen atoms in total. The number of aliphatic carboxylic acids is 1. The second kappa shape index (κ2) is 3.51. The van der Waals surface area contributed by atoms with Gasteiger partial charge in [-0.15, -0.1) is 0 Å². The quantitative estimate of drug-likeness (QED) is 0.759. The van der Waals surface area contributed by atoms with Gasteiger partial charge in [-0.2, -0.15) is 0 Å². The maximum Gasteiger partial charge on any atom is 0.310 e. The molecule has 0 aliphatic rings. The Balaban J connectivity index is 3.12. The smallest absolute Gasteiger partial charge is 0.310 e. The molecule has 0 bridgehead atoms. The molecule has 0 spiro atoms. The fourth-order valence-corrected chi connectivity index (χ4v) is 1.03. The highest BCUT2D eigenvalue weighted by Gasteiger charge is 2.17. The summed E-state index contributed by atoms with van der Waals surface area (Å²) in [7, 11) is 0. The largest absolute Gasteiger partial charge is 0.481 e. The molecule has 1 atom stereocenters. The van der Waals surface area contributed by atoms with Crippen molar-refractivity contribution in [3.63, 3.8) is 0 Å². The summed E-state index contributed by atoms with van der Waals surface area (Å²) in [6, 6.07) is 1.45. The first-order valence-electron chi connectivity index (χ1n) is 3.87. The summed E-state index contributed by atoms with van der Waals surface area (Å²) in [6.07, 6.45) is 1.05. The van der Waals surface area contributed by atoms with Gasteiger partial charge in [0.2, 0.25) is 0 Å². The second-order valence-electron chi connectivity index (χ2n) is 2.91. The molecule has 0 radical (unpaired) electrons. The van der Waals surface area contributed by atoms with Gasteiger partial charge >= 0.3 is 5.97 Å². The van der Waals surface area contributed by atoms with Crippen molar-refractivity contribution in [1.29, 1.82) is 0 Å². The van der Waals surface area contributed by atoms with Crippen LogP contribution in [0.25, 0.3) is 0 Å². The van der Waals surface area contributed by atoms with Crippen LogP contribution in [0.2, 0.25) is 0 Å². The summed E-state index contributed by atoms with van der Waals surface area (Å²) in [6.45, 7) is 3.14. The standard InChI is InChI=1S/C9H10FNO2/c1-5-3-7(6(2)9(12)13)8(10)4-11-5/h3-4,6H,1-2H3,(H,12,13)/t6-/m0/s1. The average molecular weight is 183 g/mol. The summed E-state index contributed by atoms with van der Waals surface area (Å²) >= 11 is 0. The third-order valence-electron chi connectivity index (χ3n) is 1.86. The van der Waals surface area contributed by atoms with Gasteiger partial charge in [0.1, 0.15) is 5.82 Å². The lowest BCUT2D eigenvalue weighted by Gasteiger charge is -2.07. The van der Waals surface area contributed by atoms with E-state index in [-0.39, 0.29) is 5.56 Å². The highest BCUT2D eigenvalue weighted by atomic mass is 19.1. The van der Waals surface area contributed by atoms with Gasteiger partial charge in [-0.05, 0) is 19.9 Å². The molecular weight excluding hydrogens is 173 g/mol. The van der Waals surface area contributed by atoms with Crippen LogP contribution < -0.4 is 0 Å². The normalized spacial score (nSPS) is 12.5. The minimum atomic E-state index is -1.04. The summed E-state index contributed by atoms with van der Waals surface area (Å²) in [4.78, 5) is 14.3. The van der Waals surface area contributed by atoms with Gasteiger partial charge in [0.05, 0.1) is 12.1 Å². The van der Waals surface area contributed by atoms with E-state index in [0.29, 0.717) is 5.69 Å². The highest BCUT2D eigenvalue weighted by Crippen LogP contribution is 2.18. The fourth-order valence-electron chi connectivity index (χ4n) is 1.03. The molecule has 1 aromatic heterocycles. The van der Waals surface area contributed by atoms with Crippen molar-refractivity contribution in [2.75, 3.05) is 0 Å². The van der Waals surface area contributed by atoms with Crippen LogP contribution in [0.5, 0.6) is 0 Å². The number of pyridine rings is 1. The van der Waals surface area contributed by atoms with Crippen LogP contribution in [-0.4, -0.2) is 16.1 Å². The van der Waals surface area contributed by atoms with E-state index in [4.69, 9.17) is 5.11 Å². The molecule has 4 heteroatoms. The summed E-state index contributed by atoms with van der Waals surface area (Å²) in [5.74, 6) is -2.44. The van der Waals surface area contributed by atoms with E-state index < -0.39 is 17.7 Å². The first-order chi connectivity index (χ1) is 6.02. The summed E-state index contributed by atoms with van der Waals surface area (Å²) in [5, 5.41) is 8.66. The zero-order valence-electron chi connectivity index (χ0n) is 7.41. The van der Waals surface area contributed by atoms with Gasteiger partial charge in [0.25, 0.3) is 0 Å². The van der Waals surface area contributed by atoms with E-state index in [1.165, 1.54) is 13.0 Å². The van der Waals surface area contributed by atoms with Crippen molar-refractivity contribution in [1.82, 2.24) is 4.98 Å². The van der Waals surface area contributed by atoms with Crippen LogP contribution in [0.1, 0.15) is 24.1 Å². The fraction of sp³-hybridized carbons (Fsp3) is 0.333. The number of hydrogen-bond donors (Lipinski definition) is 1. The first kappa shape index (κ1) is 9.64. The van der Waals surface area contributed by atoms with Crippen molar-refractivity contribution in [3.05, 3.63) is 29.3 Å². The van der Waals surface area contributed by atoms with E-state index in [1.807, 2.05) is 0 Å². The van der Waals surface area contributed by atoms with Crippen molar-refractivity contribution >= 4 is 5.97 Å². The Bertz CT molecular complexity index is 338. The van der Waals surface area contributed by atoms with Crippen molar-refractivity contribution in [2.45, 2.75) is 19.8 Å². The molecule has 1 aromatic rings. The number of carboxylic acids is 1. The van der Waals surface area contributed by atoms with Crippen LogP contribution in [-0.2, 0) is 4.79 Å². The van der Waals surface area contributed by atoms with Crippen LogP contribution in [0.3, 0.4) is 0 Å². The van der Waals surface area contributed by atoms with Gasteiger partial charge in [-0.25, -0.2) is 4.39 Å². The van der Waals surface area contributed by atoms with Gasteiger partial charge in [-0.1, -0.05) is 0 Å². The van der Waals surface area contributed by atoms with E-state index in [9.17, 15) is 9.18 Å². The molecule has 0 aromatic carbocycles. The number of carboxylic acid groups (broad SMARTS) is 1. The van der Waals surface area contributed by atoms with Crippen LogP contribution >= 0.6 is 0 Å². The number of aryl methyl sites for hydroxylation is 1. The van der Waals surface area contributed by atoms with Crippen LogP contribution in [0, 0.1) is 12.7 Å². The summed E-state index contributed by atoms with van der Waals surface area (Å²) in [5.41, 5.74) is 0.796. The molecule has 1 rings (SSSR count). The molecule has 0 saturated carbocycles. The minimum absolute atomic E-state index is 0.181. The van der Waals surface area contributed by atoms with Gasteiger partial charge in [0, 0.05) is 11.3 Å². The van der Waals surface area contributed by atoms with E-state index in [2.05, 4.69) is 4.98 Å². The van der Waals surface area contributed by atoms with E-state index in [1.54, 1.807) is 6.92 Å². The maximum absolute atomic E-state index is 13.1. The Morgan fingerprint density at radius 3 is 2.85 bits per heavy atom.